The van der Waals surface area contributed by atoms with Gasteiger partial charge in [-0.2, -0.15) is 5.26 Å². The lowest BCUT2D eigenvalue weighted by Crippen LogP contribution is -1.91. The Labute approximate surface area is 114 Å². The lowest BCUT2D eigenvalue weighted by Gasteiger charge is -2.02. The standard InChI is InChI=1S/C14H11NOS2/c1-9(16)13-12(10-6-4-3-5-7-10)11(8-15)14(17-2)18-13/h3-7H,1-2H3. The highest BCUT2D eigenvalue weighted by atomic mass is 32.2. The van der Waals surface area contributed by atoms with Crippen LogP contribution in [0.1, 0.15) is 22.2 Å². The number of rotatable bonds is 3. The van der Waals surface area contributed by atoms with E-state index in [2.05, 4.69) is 6.07 Å². The lowest BCUT2D eigenvalue weighted by atomic mass is 10.0. The summed E-state index contributed by atoms with van der Waals surface area (Å²) in [5, 5.41) is 9.32. The first-order valence-electron chi connectivity index (χ1n) is 5.36. The highest BCUT2D eigenvalue weighted by molar-refractivity contribution is 8.00. The predicted molar refractivity (Wildman–Crippen MR) is 76.3 cm³/mol. The van der Waals surface area contributed by atoms with Crippen molar-refractivity contribution < 1.29 is 4.79 Å². The Kier molecular flexibility index (Phi) is 3.85. The van der Waals surface area contributed by atoms with Crippen LogP contribution in [0.2, 0.25) is 0 Å². The molecule has 0 saturated heterocycles. The van der Waals surface area contributed by atoms with Crippen molar-refractivity contribution in [1.29, 1.82) is 5.26 Å². The van der Waals surface area contributed by atoms with E-state index in [-0.39, 0.29) is 5.78 Å². The van der Waals surface area contributed by atoms with Gasteiger partial charge in [-0.15, -0.1) is 23.1 Å². The summed E-state index contributed by atoms with van der Waals surface area (Å²) in [6.07, 6.45) is 1.92. The number of hydrogen-bond acceptors (Lipinski definition) is 4. The maximum atomic E-state index is 11.7. The topological polar surface area (TPSA) is 40.9 Å². The molecule has 1 aromatic carbocycles. The Hall–Kier alpha value is -1.57. The third kappa shape index (κ3) is 2.20. The van der Waals surface area contributed by atoms with Gasteiger partial charge in [0.1, 0.15) is 6.07 Å². The summed E-state index contributed by atoms with van der Waals surface area (Å²) in [5.41, 5.74) is 2.32. The van der Waals surface area contributed by atoms with Gasteiger partial charge in [-0.25, -0.2) is 0 Å². The zero-order valence-corrected chi connectivity index (χ0v) is 11.7. The molecule has 0 spiro atoms. The van der Waals surface area contributed by atoms with Gasteiger partial charge >= 0.3 is 0 Å². The summed E-state index contributed by atoms with van der Waals surface area (Å²) in [6.45, 7) is 1.55. The summed E-state index contributed by atoms with van der Waals surface area (Å²) in [5.74, 6) is 0.00986. The van der Waals surface area contributed by atoms with Crippen molar-refractivity contribution in [2.75, 3.05) is 6.26 Å². The fourth-order valence-electron chi connectivity index (χ4n) is 1.78. The fourth-order valence-corrected chi connectivity index (χ4v) is 3.62. The molecule has 4 heteroatoms. The molecule has 0 bridgehead atoms. The van der Waals surface area contributed by atoms with E-state index in [1.165, 1.54) is 23.1 Å². The smallest absolute Gasteiger partial charge is 0.170 e. The van der Waals surface area contributed by atoms with E-state index in [9.17, 15) is 10.1 Å². The number of nitrogens with zero attached hydrogens (tertiary/aromatic N) is 1. The number of Topliss-reactive ketones (excluding diaryl/α,β-unsaturated/α-hetero) is 1. The SMILES string of the molecule is CSc1sc(C(C)=O)c(-c2ccccc2)c1C#N. The van der Waals surface area contributed by atoms with Gasteiger partial charge in [0.25, 0.3) is 0 Å². The van der Waals surface area contributed by atoms with Crippen LogP contribution in [-0.4, -0.2) is 12.0 Å². The molecule has 0 aliphatic rings. The van der Waals surface area contributed by atoms with Crippen molar-refractivity contribution >= 4 is 28.9 Å². The number of thiophene rings is 1. The highest BCUT2D eigenvalue weighted by Crippen LogP contribution is 2.40. The first-order valence-corrected chi connectivity index (χ1v) is 7.40. The van der Waals surface area contributed by atoms with Crippen LogP contribution in [-0.2, 0) is 0 Å². The van der Waals surface area contributed by atoms with Crippen molar-refractivity contribution in [2.45, 2.75) is 11.1 Å². The van der Waals surface area contributed by atoms with Gasteiger partial charge in [-0.05, 0) is 18.7 Å². The van der Waals surface area contributed by atoms with E-state index in [0.717, 1.165) is 15.3 Å². The first-order chi connectivity index (χ1) is 8.69. The molecule has 0 radical (unpaired) electrons. The molecule has 18 heavy (non-hydrogen) atoms. The minimum absolute atomic E-state index is 0.00986. The van der Waals surface area contributed by atoms with E-state index in [0.29, 0.717) is 10.4 Å². The minimum Gasteiger partial charge on any atom is -0.294 e. The van der Waals surface area contributed by atoms with E-state index >= 15 is 0 Å². The van der Waals surface area contributed by atoms with Gasteiger partial charge in [-0.3, -0.25) is 4.79 Å². The quantitative estimate of drug-likeness (QED) is 0.621. The minimum atomic E-state index is 0.00986. The van der Waals surface area contributed by atoms with Gasteiger partial charge in [0, 0.05) is 5.56 Å². The molecule has 90 valence electrons. The number of carbonyl (C=O) groups excluding carboxylic acids is 1. The zero-order valence-electron chi connectivity index (χ0n) is 10.1. The van der Waals surface area contributed by atoms with Gasteiger partial charge in [0.15, 0.2) is 5.78 Å². The van der Waals surface area contributed by atoms with Crippen molar-refractivity contribution in [3.05, 3.63) is 40.8 Å². The first kappa shape index (κ1) is 12.9. The Balaban J connectivity index is 2.75. The number of carbonyl (C=O) groups is 1. The van der Waals surface area contributed by atoms with Gasteiger partial charge in [-0.1, -0.05) is 30.3 Å². The average molecular weight is 273 g/mol. The van der Waals surface area contributed by atoms with E-state index in [1.807, 2.05) is 36.6 Å². The number of ketones is 1. The van der Waals surface area contributed by atoms with Crippen molar-refractivity contribution in [2.24, 2.45) is 0 Å². The second-order valence-electron chi connectivity index (χ2n) is 3.71. The van der Waals surface area contributed by atoms with Crippen LogP contribution < -0.4 is 0 Å². The summed E-state index contributed by atoms with van der Waals surface area (Å²) in [6, 6.07) is 11.8. The molecular weight excluding hydrogens is 262 g/mol. The van der Waals surface area contributed by atoms with Gasteiger partial charge < -0.3 is 0 Å². The van der Waals surface area contributed by atoms with E-state index in [1.54, 1.807) is 6.92 Å². The van der Waals surface area contributed by atoms with Crippen LogP contribution in [0.5, 0.6) is 0 Å². The summed E-state index contributed by atoms with van der Waals surface area (Å²) in [4.78, 5) is 12.4. The predicted octanol–water partition coefficient (Wildman–Crippen LogP) is 4.21. The highest BCUT2D eigenvalue weighted by Gasteiger charge is 2.21. The monoisotopic (exact) mass is 273 g/mol. The molecule has 0 unspecified atom stereocenters. The third-order valence-corrected chi connectivity index (χ3v) is 4.97. The molecule has 1 heterocycles. The number of benzene rings is 1. The lowest BCUT2D eigenvalue weighted by molar-refractivity contribution is 0.102. The van der Waals surface area contributed by atoms with E-state index in [4.69, 9.17) is 0 Å². The van der Waals surface area contributed by atoms with Crippen molar-refractivity contribution in [3.63, 3.8) is 0 Å². The molecule has 2 aromatic rings. The molecule has 0 saturated carbocycles. The fraction of sp³-hybridized carbons (Fsp3) is 0.143. The van der Waals surface area contributed by atoms with E-state index < -0.39 is 0 Å². The maximum Gasteiger partial charge on any atom is 0.170 e. The van der Waals surface area contributed by atoms with Crippen LogP contribution in [0.25, 0.3) is 11.1 Å². The molecule has 0 fully saturated rings. The Bertz CT molecular complexity index is 623. The van der Waals surface area contributed by atoms with Gasteiger partial charge in [0.2, 0.25) is 0 Å². The molecule has 1 aromatic heterocycles. The molecule has 0 N–H and O–H groups in total. The van der Waals surface area contributed by atoms with Crippen LogP contribution in [0.15, 0.2) is 34.5 Å². The van der Waals surface area contributed by atoms with Crippen LogP contribution in [0.4, 0.5) is 0 Å². The molecule has 0 amide bonds. The van der Waals surface area contributed by atoms with Crippen LogP contribution >= 0.6 is 23.1 Å². The number of nitriles is 1. The largest absolute Gasteiger partial charge is 0.294 e. The van der Waals surface area contributed by atoms with Crippen LogP contribution in [0.3, 0.4) is 0 Å². The third-order valence-electron chi connectivity index (χ3n) is 2.56. The maximum absolute atomic E-state index is 11.7. The Morgan fingerprint density at radius 2 is 2.00 bits per heavy atom. The summed E-state index contributed by atoms with van der Waals surface area (Å²) in [7, 11) is 0. The Morgan fingerprint density at radius 3 is 2.50 bits per heavy atom. The van der Waals surface area contributed by atoms with Crippen molar-refractivity contribution in [3.8, 4) is 17.2 Å². The van der Waals surface area contributed by atoms with Gasteiger partial charge in [0.05, 0.1) is 14.6 Å². The number of thioether (sulfide) groups is 1. The Morgan fingerprint density at radius 1 is 1.33 bits per heavy atom. The number of hydrogen-bond donors (Lipinski definition) is 0. The summed E-state index contributed by atoms with van der Waals surface area (Å²) >= 11 is 2.92. The molecule has 2 rings (SSSR count). The summed E-state index contributed by atoms with van der Waals surface area (Å²) < 4.78 is 0.904. The second kappa shape index (κ2) is 5.38. The zero-order chi connectivity index (χ0) is 13.1. The normalized spacial score (nSPS) is 10.1. The van der Waals surface area contributed by atoms with Crippen LogP contribution in [0, 0.1) is 11.3 Å². The average Bonchev–Trinajstić information content (AvgIpc) is 2.78. The molecule has 0 aliphatic carbocycles. The molecule has 0 atom stereocenters. The molecule has 0 aliphatic heterocycles. The second-order valence-corrected chi connectivity index (χ2v) is 5.80. The molecule has 2 nitrogen and oxygen atoms in total. The molecular formula is C14H11NOS2. The van der Waals surface area contributed by atoms with Crippen molar-refractivity contribution in [1.82, 2.24) is 0 Å².